The number of hydrogen-bond acceptors (Lipinski definition) is 5. The number of aromatic nitrogens is 3. The average Bonchev–Trinajstić information content (AvgIpc) is 3.13. The molecule has 0 aliphatic heterocycles. The molecule has 2 aromatic heterocycles. The Balaban J connectivity index is 1.48. The summed E-state index contributed by atoms with van der Waals surface area (Å²) < 4.78 is 13.2. The summed E-state index contributed by atoms with van der Waals surface area (Å²) in [4.78, 5) is 8.79. The summed E-state index contributed by atoms with van der Waals surface area (Å²) in [5.41, 5.74) is 5.22. The fourth-order valence-corrected chi connectivity index (χ4v) is 3.20. The zero-order chi connectivity index (χ0) is 20.2. The molecule has 0 fully saturated rings. The molecule has 2 heterocycles. The molecular formula is C23H24N4O2. The van der Waals surface area contributed by atoms with E-state index in [0.29, 0.717) is 6.61 Å². The van der Waals surface area contributed by atoms with Crippen LogP contribution < -0.4 is 14.8 Å². The maximum atomic E-state index is 5.98. The van der Waals surface area contributed by atoms with Gasteiger partial charge >= 0.3 is 0 Å². The van der Waals surface area contributed by atoms with Crippen molar-refractivity contribution in [3.8, 4) is 11.5 Å². The second-order valence-electron chi connectivity index (χ2n) is 6.85. The first-order valence-corrected chi connectivity index (χ1v) is 9.59. The van der Waals surface area contributed by atoms with Crippen LogP contribution in [0.3, 0.4) is 0 Å². The Morgan fingerprint density at radius 2 is 1.79 bits per heavy atom. The molecule has 4 aromatic rings. The summed E-state index contributed by atoms with van der Waals surface area (Å²) in [6.45, 7) is 2.64. The van der Waals surface area contributed by atoms with Gasteiger partial charge in [0.05, 0.1) is 25.2 Å². The largest absolute Gasteiger partial charge is 0.497 e. The Hall–Kier alpha value is -3.54. The quantitative estimate of drug-likeness (QED) is 0.490. The van der Waals surface area contributed by atoms with Gasteiger partial charge in [0, 0.05) is 18.8 Å². The van der Waals surface area contributed by atoms with Crippen LogP contribution >= 0.6 is 0 Å². The molecule has 29 heavy (non-hydrogen) atoms. The van der Waals surface area contributed by atoms with Crippen molar-refractivity contribution in [2.75, 3.05) is 12.4 Å². The highest BCUT2D eigenvalue weighted by molar-refractivity contribution is 5.78. The molecule has 6 heteroatoms. The number of nitrogens with one attached hydrogen (secondary N) is 1. The van der Waals surface area contributed by atoms with E-state index in [4.69, 9.17) is 9.47 Å². The minimum absolute atomic E-state index is 0.513. The summed E-state index contributed by atoms with van der Waals surface area (Å²) in [5.74, 6) is 2.48. The lowest BCUT2D eigenvalue weighted by Crippen LogP contribution is -2.00. The molecule has 0 radical (unpaired) electrons. The summed E-state index contributed by atoms with van der Waals surface area (Å²) in [7, 11) is 3.64. The van der Waals surface area contributed by atoms with Crippen molar-refractivity contribution < 1.29 is 9.47 Å². The van der Waals surface area contributed by atoms with Gasteiger partial charge in [-0.3, -0.25) is 0 Å². The van der Waals surface area contributed by atoms with E-state index in [0.717, 1.165) is 46.0 Å². The average molecular weight is 388 g/mol. The van der Waals surface area contributed by atoms with Gasteiger partial charge in [-0.25, -0.2) is 9.97 Å². The van der Waals surface area contributed by atoms with Gasteiger partial charge in [0.15, 0.2) is 0 Å². The summed E-state index contributed by atoms with van der Waals surface area (Å²) in [6.07, 6.45) is 4.47. The molecule has 2 aromatic carbocycles. The molecule has 0 saturated heterocycles. The number of rotatable bonds is 7. The van der Waals surface area contributed by atoms with Gasteiger partial charge < -0.3 is 19.4 Å². The van der Waals surface area contributed by atoms with Gasteiger partial charge in [-0.05, 0) is 47.9 Å². The number of methoxy groups -OCH3 is 1. The lowest BCUT2D eigenvalue weighted by Gasteiger charge is -2.13. The van der Waals surface area contributed by atoms with E-state index in [2.05, 4.69) is 28.3 Å². The van der Waals surface area contributed by atoms with Crippen LogP contribution in [0.1, 0.15) is 18.1 Å². The van der Waals surface area contributed by atoms with Crippen LogP contribution in [-0.2, 0) is 20.1 Å². The number of imidazole rings is 1. The third-order valence-electron chi connectivity index (χ3n) is 4.90. The Morgan fingerprint density at radius 1 is 1.00 bits per heavy atom. The Kier molecular flexibility index (Phi) is 5.33. The lowest BCUT2D eigenvalue weighted by atomic mass is 10.1. The van der Waals surface area contributed by atoms with Crippen LogP contribution in [-0.4, -0.2) is 21.6 Å². The maximum absolute atomic E-state index is 5.98. The van der Waals surface area contributed by atoms with Crippen molar-refractivity contribution in [3.05, 3.63) is 72.2 Å². The van der Waals surface area contributed by atoms with Gasteiger partial charge in [0.1, 0.15) is 29.4 Å². The maximum Gasteiger partial charge on any atom is 0.132 e. The number of aryl methyl sites for hydroxylation is 2. The van der Waals surface area contributed by atoms with Gasteiger partial charge in [0.2, 0.25) is 0 Å². The first-order valence-electron chi connectivity index (χ1n) is 9.59. The Bertz CT molecular complexity index is 1120. The van der Waals surface area contributed by atoms with E-state index in [1.165, 1.54) is 5.56 Å². The van der Waals surface area contributed by atoms with Crippen molar-refractivity contribution in [1.82, 2.24) is 14.5 Å². The number of fused-ring (bicyclic) bond motifs is 1. The predicted molar refractivity (Wildman–Crippen MR) is 115 cm³/mol. The second kappa shape index (κ2) is 8.22. The molecule has 148 valence electrons. The number of benzene rings is 2. The van der Waals surface area contributed by atoms with Crippen LogP contribution in [0.25, 0.3) is 11.0 Å². The zero-order valence-corrected chi connectivity index (χ0v) is 16.8. The van der Waals surface area contributed by atoms with Crippen LogP contribution in [0.5, 0.6) is 11.5 Å². The minimum Gasteiger partial charge on any atom is -0.497 e. The number of hydrogen-bond donors (Lipinski definition) is 1. The van der Waals surface area contributed by atoms with Gasteiger partial charge in [0.25, 0.3) is 0 Å². The van der Waals surface area contributed by atoms with Crippen molar-refractivity contribution in [1.29, 1.82) is 0 Å². The number of anilines is 2. The zero-order valence-electron chi connectivity index (χ0n) is 16.8. The third kappa shape index (κ3) is 4.16. The molecule has 0 amide bonds. The van der Waals surface area contributed by atoms with E-state index >= 15 is 0 Å². The number of nitrogens with zero attached hydrogens (tertiary/aromatic N) is 3. The topological polar surface area (TPSA) is 61.2 Å². The predicted octanol–water partition coefficient (Wildman–Crippen LogP) is 4.86. The molecule has 6 nitrogen and oxygen atoms in total. The fraction of sp³-hybridized carbons (Fsp3) is 0.217. The SMILES string of the molecule is CCc1cc(OCc2ccc(OC)cc2)ccc1Nc1cc2c(cn1)ncn2C. The van der Waals surface area contributed by atoms with Crippen molar-refractivity contribution in [2.45, 2.75) is 20.0 Å². The smallest absolute Gasteiger partial charge is 0.132 e. The minimum atomic E-state index is 0.513. The van der Waals surface area contributed by atoms with Crippen molar-refractivity contribution >= 4 is 22.5 Å². The van der Waals surface area contributed by atoms with E-state index in [-0.39, 0.29) is 0 Å². The normalized spacial score (nSPS) is 10.9. The Morgan fingerprint density at radius 3 is 2.55 bits per heavy atom. The first-order chi connectivity index (χ1) is 14.2. The van der Waals surface area contributed by atoms with E-state index in [1.807, 2.05) is 54.1 Å². The van der Waals surface area contributed by atoms with Crippen LogP contribution in [0.4, 0.5) is 11.5 Å². The molecule has 0 aliphatic rings. The standard InChI is InChI=1S/C23H24N4O2/c1-4-17-11-19(29-14-16-5-7-18(28-3)8-6-16)9-10-20(17)26-23-12-22-21(13-24-23)25-15-27(22)2/h5-13,15H,4,14H2,1-3H3,(H,24,26). The van der Waals surface area contributed by atoms with Gasteiger partial charge in [-0.2, -0.15) is 0 Å². The molecule has 0 bridgehead atoms. The summed E-state index contributed by atoms with van der Waals surface area (Å²) in [5, 5.41) is 3.42. The molecular weight excluding hydrogens is 364 g/mol. The summed E-state index contributed by atoms with van der Waals surface area (Å²) >= 11 is 0. The lowest BCUT2D eigenvalue weighted by molar-refractivity contribution is 0.305. The molecule has 4 rings (SSSR count). The van der Waals surface area contributed by atoms with E-state index < -0.39 is 0 Å². The van der Waals surface area contributed by atoms with E-state index in [1.54, 1.807) is 19.6 Å². The number of pyridine rings is 1. The molecule has 0 saturated carbocycles. The molecule has 0 atom stereocenters. The number of ether oxygens (including phenoxy) is 2. The first kappa shape index (κ1) is 18.8. The monoisotopic (exact) mass is 388 g/mol. The third-order valence-corrected chi connectivity index (χ3v) is 4.90. The van der Waals surface area contributed by atoms with Crippen LogP contribution in [0, 0.1) is 0 Å². The van der Waals surface area contributed by atoms with Crippen molar-refractivity contribution in [3.63, 3.8) is 0 Å². The molecule has 0 unspecified atom stereocenters. The van der Waals surface area contributed by atoms with Gasteiger partial charge in [-0.15, -0.1) is 0 Å². The van der Waals surface area contributed by atoms with Crippen molar-refractivity contribution in [2.24, 2.45) is 7.05 Å². The Labute approximate surface area is 170 Å². The van der Waals surface area contributed by atoms with E-state index in [9.17, 15) is 0 Å². The highest BCUT2D eigenvalue weighted by Gasteiger charge is 2.07. The summed E-state index contributed by atoms with van der Waals surface area (Å²) in [6, 6.07) is 16.0. The molecule has 0 spiro atoms. The highest BCUT2D eigenvalue weighted by Crippen LogP contribution is 2.27. The highest BCUT2D eigenvalue weighted by atomic mass is 16.5. The molecule has 1 N–H and O–H groups in total. The second-order valence-corrected chi connectivity index (χ2v) is 6.85. The van der Waals surface area contributed by atoms with Gasteiger partial charge in [-0.1, -0.05) is 19.1 Å². The fourth-order valence-electron chi connectivity index (χ4n) is 3.20. The molecule has 0 aliphatic carbocycles. The van der Waals surface area contributed by atoms with Crippen LogP contribution in [0.15, 0.2) is 61.1 Å². The van der Waals surface area contributed by atoms with Crippen LogP contribution in [0.2, 0.25) is 0 Å².